The molecule has 3 heterocycles. The summed E-state index contributed by atoms with van der Waals surface area (Å²) in [6.45, 7) is 0.853. The molecule has 0 bridgehead atoms. The van der Waals surface area contributed by atoms with Gasteiger partial charge in [-0.2, -0.15) is 0 Å². The fraction of sp³-hybridized carbons (Fsp3) is 0.133. The minimum absolute atomic E-state index is 0.267. The third-order valence-electron chi connectivity index (χ3n) is 3.34. The maximum Gasteiger partial charge on any atom is 0.231 e. The first-order valence-electron chi connectivity index (χ1n) is 6.57. The topological polar surface area (TPSA) is 69.2 Å². The monoisotopic (exact) mass is 280 g/mol. The molecule has 21 heavy (non-hydrogen) atoms. The molecule has 0 aliphatic carbocycles. The summed E-state index contributed by atoms with van der Waals surface area (Å²) >= 11 is 0. The van der Waals surface area contributed by atoms with Crippen molar-refractivity contribution >= 4 is 16.6 Å². The maximum absolute atomic E-state index is 5.43. The number of aromatic nitrogens is 3. The van der Waals surface area contributed by atoms with Crippen molar-refractivity contribution in [2.45, 2.75) is 6.54 Å². The highest BCUT2D eigenvalue weighted by atomic mass is 16.7. The Bertz CT molecular complexity index is 792. The number of pyridine rings is 1. The van der Waals surface area contributed by atoms with Crippen LogP contribution in [0.3, 0.4) is 0 Å². The molecule has 1 aliphatic rings. The van der Waals surface area contributed by atoms with Crippen LogP contribution in [-0.2, 0) is 6.54 Å². The lowest BCUT2D eigenvalue weighted by Gasteiger charge is -2.09. The largest absolute Gasteiger partial charge is 0.454 e. The normalized spacial score (nSPS) is 12.6. The van der Waals surface area contributed by atoms with Crippen molar-refractivity contribution in [2.75, 3.05) is 12.1 Å². The SMILES string of the molecule is c1cc(CNc2nccc3cc4c(cc23)OCO4)ncn1. The second kappa shape index (κ2) is 4.90. The highest BCUT2D eigenvalue weighted by molar-refractivity contribution is 5.94. The van der Waals surface area contributed by atoms with Crippen molar-refractivity contribution in [1.82, 2.24) is 15.0 Å². The first kappa shape index (κ1) is 11.9. The van der Waals surface area contributed by atoms with Gasteiger partial charge in [-0.05, 0) is 29.7 Å². The molecule has 3 aromatic rings. The van der Waals surface area contributed by atoms with E-state index in [4.69, 9.17) is 9.47 Å². The van der Waals surface area contributed by atoms with Gasteiger partial charge in [0.1, 0.15) is 12.1 Å². The Morgan fingerprint density at radius 1 is 1.05 bits per heavy atom. The van der Waals surface area contributed by atoms with E-state index in [0.29, 0.717) is 6.54 Å². The molecule has 104 valence electrons. The summed E-state index contributed by atoms with van der Waals surface area (Å²) in [5, 5.41) is 5.35. The fourth-order valence-corrected chi connectivity index (χ4v) is 2.30. The highest BCUT2D eigenvalue weighted by Crippen LogP contribution is 2.37. The summed E-state index contributed by atoms with van der Waals surface area (Å²) in [6.07, 6.45) is 5.02. The number of nitrogens with zero attached hydrogens (tertiary/aromatic N) is 3. The van der Waals surface area contributed by atoms with Crippen molar-refractivity contribution in [2.24, 2.45) is 0 Å². The number of benzene rings is 1. The number of ether oxygens (including phenoxy) is 2. The molecule has 1 aliphatic heterocycles. The van der Waals surface area contributed by atoms with E-state index in [0.717, 1.165) is 33.8 Å². The van der Waals surface area contributed by atoms with Crippen LogP contribution in [0.4, 0.5) is 5.82 Å². The Balaban J connectivity index is 1.68. The van der Waals surface area contributed by atoms with Gasteiger partial charge in [0.15, 0.2) is 11.5 Å². The van der Waals surface area contributed by atoms with E-state index in [1.165, 1.54) is 6.33 Å². The van der Waals surface area contributed by atoms with Crippen LogP contribution in [0.15, 0.2) is 43.0 Å². The molecule has 0 spiro atoms. The van der Waals surface area contributed by atoms with E-state index in [1.807, 2.05) is 24.3 Å². The van der Waals surface area contributed by atoms with Crippen molar-refractivity contribution in [3.05, 3.63) is 48.7 Å². The standard InChI is InChI=1S/C15H12N4O2/c1-4-17-15(18-7-11-2-3-16-8-19-11)12-6-14-13(5-10(1)12)20-9-21-14/h1-6,8H,7,9H2,(H,17,18). The van der Waals surface area contributed by atoms with Crippen LogP contribution in [0.1, 0.15) is 5.69 Å². The molecule has 0 atom stereocenters. The number of rotatable bonds is 3. The molecule has 6 nitrogen and oxygen atoms in total. The molecule has 0 saturated heterocycles. The number of hydrogen-bond acceptors (Lipinski definition) is 6. The molecule has 4 rings (SSSR count). The van der Waals surface area contributed by atoms with E-state index in [2.05, 4.69) is 20.3 Å². The first-order chi connectivity index (χ1) is 10.4. The molecule has 0 fully saturated rings. The summed E-state index contributed by atoms with van der Waals surface area (Å²) in [6, 6.07) is 7.74. The average Bonchev–Trinajstić information content (AvgIpc) is 2.99. The maximum atomic E-state index is 5.43. The third kappa shape index (κ3) is 2.20. The number of hydrogen-bond donors (Lipinski definition) is 1. The molecule has 0 amide bonds. The zero-order chi connectivity index (χ0) is 14.1. The molecular formula is C15H12N4O2. The van der Waals surface area contributed by atoms with Gasteiger partial charge >= 0.3 is 0 Å². The second-order valence-corrected chi connectivity index (χ2v) is 4.64. The summed E-state index contributed by atoms with van der Waals surface area (Å²) < 4.78 is 10.8. The molecule has 0 radical (unpaired) electrons. The smallest absolute Gasteiger partial charge is 0.231 e. The van der Waals surface area contributed by atoms with Gasteiger partial charge in [-0.15, -0.1) is 0 Å². The number of fused-ring (bicyclic) bond motifs is 2. The van der Waals surface area contributed by atoms with Gasteiger partial charge in [0, 0.05) is 17.8 Å². The fourth-order valence-electron chi connectivity index (χ4n) is 2.30. The van der Waals surface area contributed by atoms with E-state index < -0.39 is 0 Å². The van der Waals surface area contributed by atoms with Gasteiger partial charge in [-0.3, -0.25) is 0 Å². The molecule has 2 aromatic heterocycles. The molecule has 6 heteroatoms. The highest BCUT2D eigenvalue weighted by Gasteiger charge is 2.15. The Morgan fingerprint density at radius 3 is 2.81 bits per heavy atom. The van der Waals surface area contributed by atoms with Crippen molar-refractivity contribution in [1.29, 1.82) is 0 Å². The summed E-state index contributed by atoms with van der Waals surface area (Å²) in [5.41, 5.74) is 0.907. The van der Waals surface area contributed by atoms with Crippen molar-refractivity contribution < 1.29 is 9.47 Å². The van der Waals surface area contributed by atoms with E-state index >= 15 is 0 Å². The Hall–Kier alpha value is -2.89. The average molecular weight is 280 g/mol. The van der Waals surface area contributed by atoms with Crippen LogP contribution in [0.2, 0.25) is 0 Å². The molecule has 0 saturated carbocycles. The van der Waals surface area contributed by atoms with Crippen molar-refractivity contribution in [3.63, 3.8) is 0 Å². The van der Waals surface area contributed by atoms with Gasteiger partial charge in [-0.1, -0.05) is 0 Å². The van der Waals surface area contributed by atoms with Crippen LogP contribution < -0.4 is 14.8 Å². The summed E-state index contributed by atoms with van der Waals surface area (Å²) in [7, 11) is 0. The van der Waals surface area contributed by atoms with Crippen molar-refractivity contribution in [3.8, 4) is 11.5 Å². The first-order valence-corrected chi connectivity index (χ1v) is 6.57. The second-order valence-electron chi connectivity index (χ2n) is 4.64. The van der Waals surface area contributed by atoms with Crippen LogP contribution in [0, 0.1) is 0 Å². The van der Waals surface area contributed by atoms with Gasteiger partial charge in [0.2, 0.25) is 6.79 Å². The van der Waals surface area contributed by atoms with Crippen LogP contribution in [0.25, 0.3) is 10.8 Å². The van der Waals surface area contributed by atoms with E-state index in [9.17, 15) is 0 Å². The minimum atomic E-state index is 0.267. The lowest BCUT2D eigenvalue weighted by Crippen LogP contribution is -2.03. The lowest BCUT2D eigenvalue weighted by atomic mass is 10.1. The van der Waals surface area contributed by atoms with Crippen LogP contribution in [0.5, 0.6) is 11.5 Å². The van der Waals surface area contributed by atoms with Gasteiger partial charge in [0.25, 0.3) is 0 Å². The summed E-state index contributed by atoms with van der Waals surface area (Å²) in [4.78, 5) is 12.5. The number of anilines is 1. The van der Waals surface area contributed by atoms with Crippen LogP contribution >= 0.6 is 0 Å². The van der Waals surface area contributed by atoms with Gasteiger partial charge in [-0.25, -0.2) is 15.0 Å². The Morgan fingerprint density at radius 2 is 1.95 bits per heavy atom. The zero-order valence-electron chi connectivity index (χ0n) is 11.1. The Labute approximate surface area is 120 Å². The molecule has 1 N–H and O–H groups in total. The zero-order valence-corrected chi connectivity index (χ0v) is 11.1. The van der Waals surface area contributed by atoms with Gasteiger partial charge < -0.3 is 14.8 Å². The lowest BCUT2D eigenvalue weighted by molar-refractivity contribution is 0.174. The molecule has 1 aromatic carbocycles. The molecule has 0 unspecified atom stereocenters. The third-order valence-corrected chi connectivity index (χ3v) is 3.34. The van der Waals surface area contributed by atoms with Crippen LogP contribution in [-0.4, -0.2) is 21.7 Å². The van der Waals surface area contributed by atoms with Gasteiger partial charge in [0.05, 0.1) is 12.2 Å². The van der Waals surface area contributed by atoms with E-state index in [1.54, 1.807) is 12.4 Å². The number of nitrogens with one attached hydrogen (secondary N) is 1. The quantitative estimate of drug-likeness (QED) is 0.794. The molecular weight excluding hydrogens is 268 g/mol. The predicted octanol–water partition coefficient (Wildman–Crippen LogP) is 2.37. The van der Waals surface area contributed by atoms with E-state index in [-0.39, 0.29) is 6.79 Å². The summed E-state index contributed by atoms with van der Waals surface area (Å²) in [5.74, 6) is 2.32. The predicted molar refractivity (Wildman–Crippen MR) is 77.2 cm³/mol. The minimum Gasteiger partial charge on any atom is -0.454 e. The Kier molecular flexibility index (Phi) is 2.77.